The van der Waals surface area contributed by atoms with Gasteiger partial charge >= 0.3 is 0 Å². The molecule has 2 aromatic carbocycles. The number of benzene rings is 2. The second-order valence-corrected chi connectivity index (χ2v) is 13.4. The van der Waals surface area contributed by atoms with Crippen molar-refractivity contribution in [3.63, 3.8) is 0 Å². The molecule has 1 atom stereocenters. The highest BCUT2D eigenvalue weighted by molar-refractivity contribution is 6.30. The molecule has 218 valence electrons. The smallest absolute Gasteiger partial charge is 0.234 e. The Labute approximate surface area is 246 Å². The fourth-order valence-electron chi connectivity index (χ4n) is 8.19. The van der Waals surface area contributed by atoms with E-state index in [1.807, 2.05) is 42.5 Å². The van der Waals surface area contributed by atoms with Gasteiger partial charge < -0.3 is 19.6 Å². The fraction of sp³-hybridized carbons (Fsp3) is 0.562. The number of aliphatic hydroxyl groups excluding tert-OH is 1. The van der Waals surface area contributed by atoms with Gasteiger partial charge in [-0.3, -0.25) is 14.6 Å². The number of carbonyl (C=O) groups is 1. The summed E-state index contributed by atoms with van der Waals surface area (Å²) in [6.45, 7) is 4.55. The molecule has 1 aliphatic heterocycles. The lowest BCUT2D eigenvalue weighted by molar-refractivity contribution is -0.128. The molecule has 1 saturated heterocycles. The van der Waals surface area contributed by atoms with E-state index in [0.717, 1.165) is 49.5 Å². The van der Waals surface area contributed by atoms with Crippen molar-refractivity contribution in [1.82, 2.24) is 20.1 Å². The molecule has 1 aromatic heterocycles. The monoisotopic (exact) mass is 578 g/mol. The molecule has 5 aliphatic rings. The molecule has 0 radical (unpaired) electrons. The van der Waals surface area contributed by atoms with Crippen molar-refractivity contribution in [3.05, 3.63) is 47.5 Å². The first-order valence-corrected chi connectivity index (χ1v) is 15.5. The highest BCUT2D eigenvalue weighted by atomic mass is 35.5. The van der Waals surface area contributed by atoms with Crippen LogP contribution in [0.15, 0.2) is 46.9 Å². The number of amides is 1. The second-order valence-electron chi connectivity index (χ2n) is 12.9. The van der Waals surface area contributed by atoms with E-state index < -0.39 is 6.10 Å². The van der Waals surface area contributed by atoms with E-state index in [-0.39, 0.29) is 18.1 Å². The van der Waals surface area contributed by atoms with Gasteiger partial charge in [0.05, 0.1) is 6.54 Å². The molecule has 3 aromatic rings. The van der Waals surface area contributed by atoms with Crippen LogP contribution in [0.4, 0.5) is 0 Å². The summed E-state index contributed by atoms with van der Waals surface area (Å²) in [5.74, 6) is 3.86. The number of rotatable bonds is 9. The molecule has 0 spiro atoms. The van der Waals surface area contributed by atoms with Crippen molar-refractivity contribution in [3.8, 4) is 17.2 Å². The molecule has 8 rings (SSSR count). The first-order chi connectivity index (χ1) is 19.9. The number of aliphatic hydroxyl groups is 1. The number of hydrogen-bond donors (Lipinski definition) is 2. The van der Waals surface area contributed by atoms with Crippen molar-refractivity contribution in [1.29, 1.82) is 0 Å². The second kappa shape index (κ2) is 11.2. The Hall–Kier alpha value is -2.65. The molecular formula is C32H39ClN4O4. The molecule has 8 nitrogen and oxygen atoms in total. The SMILES string of the molecule is O=C(CN1CCN(CC(O)COc2ccc3oc(-c4ccc(Cl)cc4)nc3c2)CC1)NC12CC3CC(CC(C3)C1)C2. The van der Waals surface area contributed by atoms with Gasteiger partial charge in [-0.2, -0.15) is 0 Å². The van der Waals surface area contributed by atoms with Gasteiger partial charge in [0.2, 0.25) is 11.8 Å². The fourth-order valence-corrected chi connectivity index (χ4v) is 8.31. The van der Waals surface area contributed by atoms with Crippen LogP contribution in [0.1, 0.15) is 38.5 Å². The molecule has 1 unspecified atom stereocenters. The number of β-amino-alcohol motifs (C(OH)–C–C–N with tert-alkyl or cyclic N) is 1. The molecule has 5 fully saturated rings. The van der Waals surface area contributed by atoms with E-state index in [9.17, 15) is 9.90 Å². The van der Waals surface area contributed by atoms with Crippen LogP contribution in [0.5, 0.6) is 5.75 Å². The third-order valence-corrected chi connectivity index (χ3v) is 9.89. The van der Waals surface area contributed by atoms with Gasteiger partial charge in [0.15, 0.2) is 5.58 Å². The van der Waals surface area contributed by atoms with Crippen LogP contribution < -0.4 is 10.1 Å². The highest BCUT2D eigenvalue weighted by Crippen LogP contribution is 2.55. The largest absolute Gasteiger partial charge is 0.491 e. The zero-order valence-electron chi connectivity index (χ0n) is 23.4. The number of halogens is 1. The maximum absolute atomic E-state index is 13.0. The van der Waals surface area contributed by atoms with E-state index in [2.05, 4.69) is 20.1 Å². The number of fused-ring (bicyclic) bond motifs is 1. The van der Waals surface area contributed by atoms with E-state index in [1.165, 1.54) is 38.5 Å². The van der Waals surface area contributed by atoms with Crippen molar-refractivity contribution in [2.75, 3.05) is 45.9 Å². The maximum atomic E-state index is 13.0. The normalized spacial score (nSPS) is 28.7. The third-order valence-electron chi connectivity index (χ3n) is 9.64. The van der Waals surface area contributed by atoms with E-state index in [1.54, 1.807) is 0 Å². The molecule has 4 saturated carbocycles. The van der Waals surface area contributed by atoms with Crippen LogP contribution in [-0.2, 0) is 4.79 Å². The molecule has 2 N–H and O–H groups in total. The summed E-state index contributed by atoms with van der Waals surface area (Å²) in [6, 6.07) is 12.9. The Kier molecular flexibility index (Phi) is 7.44. The van der Waals surface area contributed by atoms with Crippen LogP contribution in [0.2, 0.25) is 5.02 Å². The Morgan fingerprint density at radius 2 is 1.68 bits per heavy atom. The molecule has 1 amide bonds. The lowest BCUT2D eigenvalue weighted by Crippen LogP contribution is -2.61. The topological polar surface area (TPSA) is 91.1 Å². The van der Waals surface area contributed by atoms with Gasteiger partial charge in [-0.05, 0) is 92.7 Å². The van der Waals surface area contributed by atoms with Gasteiger partial charge in [-0.1, -0.05) is 11.6 Å². The Morgan fingerprint density at radius 1 is 1.02 bits per heavy atom. The summed E-state index contributed by atoms with van der Waals surface area (Å²) in [5.41, 5.74) is 2.30. The van der Waals surface area contributed by atoms with Gasteiger partial charge in [0, 0.05) is 54.9 Å². The summed E-state index contributed by atoms with van der Waals surface area (Å²) in [7, 11) is 0. The zero-order chi connectivity index (χ0) is 28.0. The summed E-state index contributed by atoms with van der Waals surface area (Å²) in [6.07, 6.45) is 7.11. The zero-order valence-corrected chi connectivity index (χ0v) is 24.2. The number of aromatic nitrogens is 1. The molecule has 4 bridgehead atoms. The third kappa shape index (κ3) is 6.12. The number of nitrogens with one attached hydrogen (secondary N) is 1. The summed E-state index contributed by atoms with van der Waals surface area (Å²) in [4.78, 5) is 22.1. The lowest BCUT2D eigenvalue weighted by atomic mass is 9.53. The van der Waals surface area contributed by atoms with E-state index in [4.69, 9.17) is 20.8 Å². The van der Waals surface area contributed by atoms with Gasteiger partial charge in [-0.25, -0.2) is 4.98 Å². The first-order valence-electron chi connectivity index (χ1n) is 15.1. The minimum Gasteiger partial charge on any atom is -0.491 e. The lowest BCUT2D eigenvalue weighted by Gasteiger charge is -2.57. The van der Waals surface area contributed by atoms with E-state index >= 15 is 0 Å². The highest BCUT2D eigenvalue weighted by Gasteiger charge is 2.51. The number of carbonyl (C=O) groups excluding carboxylic acids is 1. The summed E-state index contributed by atoms with van der Waals surface area (Å²) in [5, 5.41) is 14.8. The molecule has 2 heterocycles. The van der Waals surface area contributed by atoms with Crippen molar-refractivity contribution in [2.24, 2.45) is 17.8 Å². The maximum Gasteiger partial charge on any atom is 0.234 e. The van der Waals surface area contributed by atoms with E-state index in [0.29, 0.717) is 40.9 Å². The number of piperazine rings is 1. The molecule has 9 heteroatoms. The standard InChI is InChI=1S/C32H39ClN4O4/c33-25-3-1-24(2-4-25)31-34-28-14-27(5-6-29(28)41-31)40-20-26(38)18-36-7-9-37(10-8-36)19-30(39)35-32-15-21-11-22(16-32)13-23(12-21)17-32/h1-6,14,21-23,26,38H,7-13,15-20H2,(H,35,39). The number of hydrogen-bond acceptors (Lipinski definition) is 7. The molecule has 4 aliphatic carbocycles. The Balaban J connectivity index is 0.848. The van der Waals surface area contributed by atoms with Crippen LogP contribution in [0.25, 0.3) is 22.6 Å². The molecular weight excluding hydrogens is 540 g/mol. The number of oxazole rings is 1. The minimum absolute atomic E-state index is 0.0783. The first kappa shape index (κ1) is 27.2. The molecule has 41 heavy (non-hydrogen) atoms. The van der Waals surface area contributed by atoms with Gasteiger partial charge in [0.25, 0.3) is 0 Å². The predicted molar refractivity (Wildman–Crippen MR) is 158 cm³/mol. The Bertz CT molecular complexity index is 1350. The van der Waals surface area contributed by atoms with Crippen molar-refractivity contribution < 1.29 is 19.1 Å². The van der Waals surface area contributed by atoms with Gasteiger partial charge in [-0.15, -0.1) is 0 Å². The van der Waals surface area contributed by atoms with Crippen LogP contribution >= 0.6 is 11.6 Å². The Morgan fingerprint density at radius 3 is 2.37 bits per heavy atom. The van der Waals surface area contributed by atoms with Crippen molar-refractivity contribution >= 4 is 28.6 Å². The average molecular weight is 579 g/mol. The quantitative estimate of drug-likeness (QED) is 0.384. The van der Waals surface area contributed by atoms with Crippen LogP contribution in [-0.4, -0.2) is 83.3 Å². The average Bonchev–Trinajstić information content (AvgIpc) is 3.36. The predicted octanol–water partition coefficient (Wildman–Crippen LogP) is 4.59. The number of nitrogens with zero attached hydrogens (tertiary/aromatic N) is 3. The van der Waals surface area contributed by atoms with Crippen LogP contribution in [0.3, 0.4) is 0 Å². The summed E-state index contributed by atoms with van der Waals surface area (Å²) >= 11 is 5.99. The van der Waals surface area contributed by atoms with Crippen LogP contribution in [0, 0.1) is 17.8 Å². The van der Waals surface area contributed by atoms with Crippen molar-refractivity contribution in [2.45, 2.75) is 50.2 Å². The van der Waals surface area contributed by atoms with Gasteiger partial charge in [0.1, 0.15) is 24.0 Å². The number of ether oxygens (including phenoxy) is 1. The minimum atomic E-state index is -0.612. The summed E-state index contributed by atoms with van der Waals surface area (Å²) < 4.78 is 11.8.